The number of aliphatic hydroxyl groups excluding tert-OH is 1. The third-order valence-electron chi connectivity index (χ3n) is 5.02. The molecule has 1 aromatic rings. The van der Waals surface area contributed by atoms with Gasteiger partial charge >= 0.3 is 0 Å². The number of nitrogens with one attached hydrogen (secondary N) is 1. The molecule has 3 rings (SSSR count). The second-order valence-corrected chi connectivity index (χ2v) is 7.39. The molecule has 1 amide bonds. The molecule has 0 radical (unpaired) electrons. The van der Waals surface area contributed by atoms with Crippen LogP contribution < -0.4 is 5.32 Å². The number of alkyl halides is 2. The molecule has 1 spiro atoms. The molecule has 2 fully saturated rings. The first kappa shape index (κ1) is 16.9. The number of carbonyl (C=O) groups is 1. The van der Waals surface area contributed by atoms with Crippen molar-refractivity contribution in [2.45, 2.75) is 56.1 Å². The molecule has 0 aromatic heterocycles. The Morgan fingerprint density at radius 3 is 2.39 bits per heavy atom. The SMILES string of the molecule is Cc1cc(Cl)cc(Cl)c1C1C(=O)NC2(CCC(F)(F)CC2)C1O. The first-order valence-electron chi connectivity index (χ1n) is 7.49. The maximum absolute atomic E-state index is 13.4. The summed E-state index contributed by atoms with van der Waals surface area (Å²) in [6, 6.07) is 3.19. The molecule has 1 heterocycles. The fourth-order valence-electron chi connectivity index (χ4n) is 3.74. The van der Waals surface area contributed by atoms with Crippen molar-refractivity contribution < 1.29 is 18.7 Å². The van der Waals surface area contributed by atoms with E-state index in [4.69, 9.17) is 23.2 Å². The number of aryl methyl sites for hydroxylation is 1. The zero-order valence-corrected chi connectivity index (χ0v) is 14.0. The van der Waals surface area contributed by atoms with E-state index in [9.17, 15) is 18.7 Å². The summed E-state index contributed by atoms with van der Waals surface area (Å²) in [4.78, 5) is 12.5. The number of carbonyl (C=O) groups excluding carboxylic acids is 1. The third-order valence-corrected chi connectivity index (χ3v) is 5.55. The summed E-state index contributed by atoms with van der Waals surface area (Å²) in [5, 5.41) is 14.3. The number of benzene rings is 1. The van der Waals surface area contributed by atoms with Gasteiger partial charge in [-0.2, -0.15) is 0 Å². The topological polar surface area (TPSA) is 49.3 Å². The van der Waals surface area contributed by atoms with Crippen LogP contribution in [0.1, 0.15) is 42.7 Å². The number of halogens is 4. The molecule has 1 aromatic carbocycles. The van der Waals surface area contributed by atoms with Gasteiger partial charge in [-0.1, -0.05) is 23.2 Å². The summed E-state index contributed by atoms with van der Waals surface area (Å²) in [5.41, 5.74) is 0.203. The second-order valence-electron chi connectivity index (χ2n) is 6.54. The van der Waals surface area contributed by atoms with Gasteiger partial charge in [-0.05, 0) is 43.0 Å². The normalized spacial score (nSPS) is 28.9. The molecule has 1 aliphatic carbocycles. The third kappa shape index (κ3) is 2.83. The lowest BCUT2D eigenvalue weighted by Crippen LogP contribution is -2.53. The highest BCUT2D eigenvalue weighted by atomic mass is 35.5. The summed E-state index contributed by atoms with van der Waals surface area (Å²) >= 11 is 12.2. The van der Waals surface area contributed by atoms with Crippen molar-refractivity contribution in [2.75, 3.05) is 0 Å². The predicted octanol–water partition coefficient (Wildman–Crippen LogP) is 3.82. The van der Waals surface area contributed by atoms with Crippen LogP contribution in [0, 0.1) is 6.92 Å². The minimum atomic E-state index is -2.73. The van der Waals surface area contributed by atoms with Crippen LogP contribution in [-0.2, 0) is 4.79 Å². The van der Waals surface area contributed by atoms with E-state index in [1.165, 1.54) is 6.07 Å². The van der Waals surface area contributed by atoms with Crippen molar-refractivity contribution in [2.24, 2.45) is 0 Å². The van der Waals surface area contributed by atoms with Crippen molar-refractivity contribution in [1.29, 1.82) is 0 Å². The van der Waals surface area contributed by atoms with Gasteiger partial charge in [0.25, 0.3) is 0 Å². The van der Waals surface area contributed by atoms with Crippen molar-refractivity contribution >= 4 is 29.1 Å². The van der Waals surface area contributed by atoms with Crippen LogP contribution in [0.25, 0.3) is 0 Å². The van der Waals surface area contributed by atoms with Crippen LogP contribution in [0.2, 0.25) is 10.0 Å². The highest BCUT2D eigenvalue weighted by Crippen LogP contribution is 2.48. The molecule has 2 atom stereocenters. The summed E-state index contributed by atoms with van der Waals surface area (Å²) in [7, 11) is 0. The predicted molar refractivity (Wildman–Crippen MR) is 84.2 cm³/mol. The Morgan fingerprint density at radius 2 is 1.83 bits per heavy atom. The standard InChI is InChI=1S/C16H17Cl2F2NO2/c1-8-6-9(17)7-10(18)11(8)12-13(22)15(21-14(12)23)2-4-16(19,20)5-3-15/h6-7,12-13,22H,2-5H2,1H3,(H,21,23). The fourth-order valence-corrected chi connectivity index (χ4v) is 4.45. The van der Waals surface area contributed by atoms with Gasteiger partial charge in [0, 0.05) is 22.9 Å². The summed E-state index contributed by atoms with van der Waals surface area (Å²) in [5.74, 6) is -3.98. The van der Waals surface area contributed by atoms with Crippen LogP contribution >= 0.6 is 23.2 Å². The highest BCUT2D eigenvalue weighted by Gasteiger charge is 2.57. The minimum Gasteiger partial charge on any atom is -0.389 e. The smallest absolute Gasteiger partial charge is 0.248 e. The number of rotatable bonds is 1. The molecule has 1 saturated carbocycles. The van der Waals surface area contributed by atoms with E-state index in [1.807, 2.05) is 0 Å². The van der Waals surface area contributed by atoms with Crippen LogP contribution in [0.15, 0.2) is 12.1 Å². The summed E-state index contributed by atoms with van der Waals surface area (Å²) in [6.45, 7) is 1.76. The van der Waals surface area contributed by atoms with Gasteiger partial charge in [0.2, 0.25) is 11.8 Å². The molecule has 1 aliphatic heterocycles. The second kappa shape index (κ2) is 5.57. The Labute approximate surface area is 143 Å². The molecule has 0 bridgehead atoms. The van der Waals surface area contributed by atoms with E-state index in [1.54, 1.807) is 13.0 Å². The van der Waals surface area contributed by atoms with Gasteiger partial charge in [-0.15, -0.1) is 0 Å². The largest absolute Gasteiger partial charge is 0.389 e. The Kier molecular flexibility index (Phi) is 4.10. The van der Waals surface area contributed by atoms with Crippen molar-refractivity contribution in [1.82, 2.24) is 5.32 Å². The van der Waals surface area contributed by atoms with E-state index < -0.39 is 23.5 Å². The molecule has 2 aliphatic rings. The molecular weight excluding hydrogens is 347 g/mol. The molecule has 1 saturated heterocycles. The van der Waals surface area contributed by atoms with E-state index >= 15 is 0 Å². The maximum atomic E-state index is 13.4. The van der Waals surface area contributed by atoms with Crippen LogP contribution in [0.5, 0.6) is 0 Å². The van der Waals surface area contributed by atoms with E-state index in [2.05, 4.69) is 5.32 Å². The van der Waals surface area contributed by atoms with Crippen LogP contribution in [0.4, 0.5) is 8.78 Å². The van der Waals surface area contributed by atoms with Crippen molar-refractivity contribution in [3.8, 4) is 0 Å². The molecule has 2 N–H and O–H groups in total. The average Bonchev–Trinajstić information content (AvgIpc) is 2.66. The minimum absolute atomic E-state index is 0.0493. The number of hydrogen-bond acceptors (Lipinski definition) is 2. The quantitative estimate of drug-likeness (QED) is 0.796. The number of amides is 1. The molecular formula is C16H17Cl2F2NO2. The molecule has 2 unspecified atom stereocenters. The molecule has 3 nitrogen and oxygen atoms in total. The zero-order valence-electron chi connectivity index (χ0n) is 12.5. The Bertz CT molecular complexity index is 632. The van der Waals surface area contributed by atoms with E-state index in [-0.39, 0.29) is 31.6 Å². The fraction of sp³-hybridized carbons (Fsp3) is 0.562. The van der Waals surface area contributed by atoms with Gasteiger partial charge < -0.3 is 10.4 Å². The number of aliphatic hydroxyl groups is 1. The van der Waals surface area contributed by atoms with Gasteiger partial charge in [0.05, 0.1) is 17.6 Å². The lowest BCUT2D eigenvalue weighted by atomic mass is 9.74. The Hall–Kier alpha value is -0.910. The van der Waals surface area contributed by atoms with Crippen LogP contribution in [-0.4, -0.2) is 28.6 Å². The average molecular weight is 364 g/mol. The Morgan fingerprint density at radius 1 is 1.22 bits per heavy atom. The number of hydrogen-bond donors (Lipinski definition) is 2. The summed E-state index contributed by atoms with van der Waals surface area (Å²) in [6.07, 6.45) is -1.68. The van der Waals surface area contributed by atoms with Crippen molar-refractivity contribution in [3.63, 3.8) is 0 Å². The molecule has 126 valence electrons. The molecule has 7 heteroatoms. The molecule has 23 heavy (non-hydrogen) atoms. The maximum Gasteiger partial charge on any atom is 0.248 e. The van der Waals surface area contributed by atoms with E-state index in [0.29, 0.717) is 21.2 Å². The van der Waals surface area contributed by atoms with Crippen LogP contribution in [0.3, 0.4) is 0 Å². The highest BCUT2D eigenvalue weighted by molar-refractivity contribution is 6.35. The Balaban J connectivity index is 1.96. The van der Waals surface area contributed by atoms with Gasteiger partial charge in [-0.3, -0.25) is 4.79 Å². The van der Waals surface area contributed by atoms with Crippen molar-refractivity contribution in [3.05, 3.63) is 33.3 Å². The summed E-state index contributed by atoms with van der Waals surface area (Å²) < 4.78 is 26.9. The van der Waals surface area contributed by atoms with Gasteiger partial charge in [0.15, 0.2) is 0 Å². The van der Waals surface area contributed by atoms with Gasteiger partial charge in [0.1, 0.15) is 0 Å². The first-order chi connectivity index (χ1) is 10.7. The lowest BCUT2D eigenvalue weighted by Gasteiger charge is -2.39. The van der Waals surface area contributed by atoms with E-state index in [0.717, 1.165) is 0 Å². The lowest BCUT2D eigenvalue weighted by molar-refractivity contribution is -0.121. The monoisotopic (exact) mass is 363 g/mol. The first-order valence-corrected chi connectivity index (χ1v) is 8.24. The zero-order chi connectivity index (χ0) is 17.0. The van der Waals surface area contributed by atoms with Gasteiger partial charge in [-0.25, -0.2) is 8.78 Å².